The number of ether oxygens (including phenoxy) is 2. The first-order valence-electron chi connectivity index (χ1n) is 5.41. The van der Waals surface area contributed by atoms with E-state index in [2.05, 4.69) is 28.8 Å². The Morgan fingerprint density at radius 1 is 1.00 bits per heavy atom. The highest BCUT2D eigenvalue weighted by molar-refractivity contribution is 7.61. The first-order chi connectivity index (χ1) is 10.0. The SMILES string of the molecule is COc1nc(N=S(=O)=O)nc(OC)n1.Fc1ccccc1. The predicted octanol–water partition coefficient (Wildman–Crippen LogP) is 1.41. The lowest BCUT2D eigenvalue weighted by Gasteiger charge is -1.99. The summed E-state index contributed by atoms with van der Waals surface area (Å²) >= 11 is 0. The third-order valence-electron chi connectivity index (χ3n) is 1.84. The number of halogens is 1. The highest BCUT2D eigenvalue weighted by Crippen LogP contribution is 2.13. The van der Waals surface area contributed by atoms with Crippen molar-refractivity contribution >= 4 is 16.4 Å². The number of rotatable bonds is 3. The molecule has 0 unspecified atom stereocenters. The molecule has 1 aromatic carbocycles. The number of hydrogen-bond acceptors (Lipinski definition) is 8. The van der Waals surface area contributed by atoms with Crippen LogP contribution in [0.2, 0.25) is 0 Å². The van der Waals surface area contributed by atoms with E-state index in [9.17, 15) is 12.8 Å². The molecule has 0 aliphatic heterocycles. The number of aromatic nitrogens is 3. The van der Waals surface area contributed by atoms with Gasteiger partial charge in [0, 0.05) is 0 Å². The fourth-order valence-corrected chi connectivity index (χ4v) is 1.25. The van der Waals surface area contributed by atoms with E-state index in [-0.39, 0.29) is 23.8 Å². The fraction of sp³-hybridized carbons (Fsp3) is 0.182. The van der Waals surface area contributed by atoms with Crippen LogP contribution >= 0.6 is 0 Å². The fourth-order valence-electron chi connectivity index (χ4n) is 1.03. The summed E-state index contributed by atoms with van der Waals surface area (Å²) in [6.45, 7) is 0. The van der Waals surface area contributed by atoms with Gasteiger partial charge in [0.25, 0.3) is 5.95 Å². The summed E-state index contributed by atoms with van der Waals surface area (Å²) in [6, 6.07) is 7.80. The molecule has 112 valence electrons. The second-order valence-corrected chi connectivity index (χ2v) is 3.83. The van der Waals surface area contributed by atoms with Gasteiger partial charge < -0.3 is 9.47 Å². The highest BCUT2D eigenvalue weighted by atomic mass is 32.2. The minimum Gasteiger partial charge on any atom is -0.467 e. The molecular weight excluding hydrogens is 303 g/mol. The Morgan fingerprint density at radius 2 is 1.52 bits per heavy atom. The molecule has 0 N–H and O–H groups in total. The topological polar surface area (TPSA) is 104 Å². The molecule has 0 spiro atoms. The minimum atomic E-state index is -2.63. The van der Waals surface area contributed by atoms with Gasteiger partial charge in [0.15, 0.2) is 0 Å². The molecule has 0 aliphatic carbocycles. The zero-order valence-electron chi connectivity index (χ0n) is 11.1. The van der Waals surface area contributed by atoms with Crippen LogP contribution in [-0.4, -0.2) is 37.6 Å². The van der Waals surface area contributed by atoms with Gasteiger partial charge in [-0.15, -0.1) is 4.98 Å². The van der Waals surface area contributed by atoms with Gasteiger partial charge in [-0.1, -0.05) is 22.6 Å². The maximum atomic E-state index is 11.9. The lowest BCUT2D eigenvalue weighted by Crippen LogP contribution is -1.98. The van der Waals surface area contributed by atoms with E-state index in [4.69, 9.17) is 0 Å². The van der Waals surface area contributed by atoms with E-state index in [1.807, 2.05) is 0 Å². The average molecular weight is 314 g/mol. The van der Waals surface area contributed by atoms with Crippen LogP contribution in [0.4, 0.5) is 10.3 Å². The van der Waals surface area contributed by atoms with Crippen molar-refractivity contribution in [1.29, 1.82) is 0 Å². The summed E-state index contributed by atoms with van der Waals surface area (Å²) in [7, 11) is 0.0263. The Morgan fingerprint density at radius 3 is 1.86 bits per heavy atom. The Kier molecular flexibility index (Phi) is 6.68. The van der Waals surface area contributed by atoms with Gasteiger partial charge in [0.1, 0.15) is 5.82 Å². The molecule has 0 radical (unpaired) electrons. The van der Waals surface area contributed by atoms with E-state index in [1.165, 1.54) is 26.4 Å². The number of nitrogens with zero attached hydrogens (tertiary/aromatic N) is 4. The van der Waals surface area contributed by atoms with Crippen LogP contribution in [0.5, 0.6) is 12.0 Å². The standard InChI is InChI=1S/C6H5F.C5H6N4O4S/c7-6-4-2-1-3-5-6;1-12-4-6-3(9-14(10)11)7-5(8-4)13-2/h1-5H;1-2H3. The van der Waals surface area contributed by atoms with Crippen molar-refractivity contribution in [2.24, 2.45) is 4.36 Å². The van der Waals surface area contributed by atoms with E-state index in [1.54, 1.807) is 18.2 Å². The van der Waals surface area contributed by atoms with Crippen LogP contribution in [0.3, 0.4) is 0 Å². The average Bonchev–Trinajstić information content (AvgIpc) is 2.47. The van der Waals surface area contributed by atoms with Crippen molar-refractivity contribution in [2.75, 3.05) is 14.2 Å². The van der Waals surface area contributed by atoms with Gasteiger partial charge in [0.2, 0.25) is 0 Å². The Labute approximate surface area is 121 Å². The van der Waals surface area contributed by atoms with Crippen molar-refractivity contribution < 1.29 is 22.3 Å². The van der Waals surface area contributed by atoms with E-state index in [0.29, 0.717) is 0 Å². The molecule has 0 fully saturated rings. The first-order valence-corrected chi connectivity index (χ1v) is 6.44. The van der Waals surface area contributed by atoms with Crippen LogP contribution in [-0.2, 0) is 10.5 Å². The molecular formula is C11H11FN4O4S. The molecule has 21 heavy (non-hydrogen) atoms. The molecule has 0 amide bonds. The molecule has 0 atom stereocenters. The molecule has 2 aromatic rings. The van der Waals surface area contributed by atoms with Gasteiger partial charge in [-0.25, -0.2) is 4.39 Å². The quantitative estimate of drug-likeness (QED) is 0.843. The molecule has 1 heterocycles. The van der Waals surface area contributed by atoms with Crippen molar-refractivity contribution in [3.63, 3.8) is 0 Å². The van der Waals surface area contributed by atoms with Crippen molar-refractivity contribution in [3.05, 3.63) is 36.1 Å². The summed E-state index contributed by atoms with van der Waals surface area (Å²) < 4.78 is 44.8. The van der Waals surface area contributed by atoms with Gasteiger partial charge in [-0.2, -0.15) is 18.4 Å². The monoisotopic (exact) mass is 314 g/mol. The summed E-state index contributed by atoms with van der Waals surface area (Å²) in [6.07, 6.45) is 0. The number of benzene rings is 1. The molecule has 0 saturated carbocycles. The third-order valence-corrected chi connectivity index (χ3v) is 2.15. The van der Waals surface area contributed by atoms with Crippen LogP contribution < -0.4 is 9.47 Å². The second-order valence-electron chi connectivity index (χ2n) is 3.21. The van der Waals surface area contributed by atoms with Gasteiger partial charge in [-0.3, -0.25) is 0 Å². The molecule has 8 nitrogen and oxygen atoms in total. The van der Waals surface area contributed by atoms with Crippen LogP contribution in [0.1, 0.15) is 0 Å². The predicted molar refractivity (Wildman–Crippen MR) is 70.3 cm³/mol. The smallest absolute Gasteiger partial charge is 0.324 e. The summed E-state index contributed by atoms with van der Waals surface area (Å²) in [5.74, 6) is -0.468. The zero-order valence-corrected chi connectivity index (χ0v) is 11.9. The molecule has 0 saturated heterocycles. The lowest BCUT2D eigenvalue weighted by molar-refractivity contribution is 0.341. The van der Waals surface area contributed by atoms with Crippen molar-refractivity contribution in [1.82, 2.24) is 15.0 Å². The van der Waals surface area contributed by atoms with Crippen molar-refractivity contribution in [3.8, 4) is 12.0 Å². The maximum Gasteiger partial charge on any atom is 0.324 e. The Hall–Kier alpha value is -2.62. The third kappa shape index (κ3) is 6.38. The molecule has 2 rings (SSSR count). The largest absolute Gasteiger partial charge is 0.467 e. The van der Waals surface area contributed by atoms with Gasteiger partial charge in [-0.05, 0) is 12.1 Å². The summed E-state index contributed by atoms with van der Waals surface area (Å²) in [5.41, 5.74) is 0. The molecule has 0 aliphatic rings. The summed E-state index contributed by atoms with van der Waals surface area (Å²) in [4.78, 5) is 10.8. The number of hydrogen-bond donors (Lipinski definition) is 0. The molecule has 1 aromatic heterocycles. The first kappa shape index (κ1) is 16.4. The van der Waals surface area contributed by atoms with Gasteiger partial charge >= 0.3 is 22.5 Å². The molecule has 10 heteroatoms. The lowest BCUT2D eigenvalue weighted by atomic mass is 10.4. The van der Waals surface area contributed by atoms with Crippen molar-refractivity contribution in [2.45, 2.75) is 0 Å². The zero-order chi connectivity index (χ0) is 15.7. The normalized spacial score (nSPS) is 9.10. The Balaban J connectivity index is 0.000000262. The van der Waals surface area contributed by atoms with E-state index >= 15 is 0 Å². The molecule has 0 bridgehead atoms. The maximum absolute atomic E-state index is 11.9. The number of methoxy groups -OCH3 is 2. The van der Waals surface area contributed by atoms with Crippen LogP contribution in [0.25, 0.3) is 0 Å². The van der Waals surface area contributed by atoms with Crippen LogP contribution in [0.15, 0.2) is 34.7 Å². The van der Waals surface area contributed by atoms with E-state index in [0.717, 1.165) is 0 Å². The second kappa shape index (κ2) is 8.53. The highest BCUT2D eigenvalue weighted by Gasteiger charge is 2.05. The van der Waals surface area contributed by atoms with Crippen LogP contribution in [0, 0.1) is 5.82 Å². The summed E-state index contributed by atoms with van der Waals surface area (Å²) in [5, 5.41) is 0. The minimum absolute atomic E-state index is 0.0685. The Bertz CT molecular complexity index is 679. The van der Waals surface area contributed by atoms with Gasteiger partial charge in [0.05, 0.1) is 14.2 Å². The van der Waals surface area contributed by atoms with E-state index < -0.39 is 10.5 Å².